The molecule has 1 aliphatic rings. The molecule has 114 valence electrons. The summed E-state index contributed by atoms with van der Waals surface area (Å²) < 4.78 is 13.3. The van der Waals surface area contributed by atoms with Crippen LogP contribution in [0.3, 0.4) is 0 Å². The van der Waals surface area contributed by atoms with Crippen molar-refractivity contribution in [2.24, 2.45) is 0 Å². The fraction of sp³-hybridized carbons (Fsp3) is 0.500. The number of piperazine rings is 1. The molecule has 0 aliphatic carbocycles. The summed E-state index contributed by atoms with van der Waals surface area (Å²) in [6, 6.07) is 3.65. The molecule has 0 bridgehead atoms. The monoisotopic (exact) mass is 292 g/mol. The summed E-state index contributed by atoms with van der Waals surface area (Å²) in [7, 11) is 0. The number of hydrogen-bond acceptors (Lipinski definition) is 2. The van der Waals surface area contributed by atoms with E-state index in [-0.39, 0.29) is 17.6 Å². The lowest BCUT2D eigenvalue weighted by Crippen LogP contribution is -2.69. The van der Waals surface area contributed by atoms with Crippen LogP contribution < -0.4 is 10.2 Å². The van der Waals surface area contributed by atoms with Crippen molar-refractivity contribution < 1.29 is 14.0 Å². The number of amides is 2. The van der Waals surface area contributed by atoms with E-state index in [0.717, 1.165) is 0 Å². The van der Waals surface area contributed by atoms with Crippen LogP contribution in [0, 0.1) is 12.7 Å². The second-order valence-electron chi connectivity index (χ2n) is 5.56. The fourth-order valence-corrected chi connectivity index (χ4v) is 2.85. The van der Waals surface area contributed by atoms with Crippen molar-refractivity contribution in [3.63, 3.8) is 0 Å². The van der Waals surface area contributed by atoms with Crippen molar-refractivity contribution in [3.05, 3.63) is 29.6 Å². The molecule has 2 amide bonds. The van der Waals surface area contributed by atoms with E-state index in [9.17, 15) is 14.0 Å². The third-order valence-electron chi connectivity index (χ3n) is 4.38. The minimum atomic E-state index is -0.871. The lowest BCUT2D eigenvalue weighted by atomic mass is 9.87. The van der Waals surface area contributed by atoms with E-state index in [1.54, 1.807) is 19.9 Å². The van der Waals surface area contributed by atoms with E-state index in [2.05, 4.69) is 5.32 Å². The molecule has 0 saturated carbocycles. The van der Waals surface area contributed by atoms with E-state index in [0.29, 0.717) is 24.1 Å². The Bertz CT molecular complexity index is 582. The van der Waals surface area contributed by atoms with Gasteiger partial charge in [-0.1, -0.05) is 13.8 Å². The summed E-state index contributed by atoms with van der Waals surface area (Å²) in [5.74, 6) is -0.661. The van der Waals surface area contributed by atoms with Gasteiger partial charge in [-0.05, 0) is 50.5 Å². The summed E-state index contributed by atoms with van der Waals surface area (Å²) in [5.41, 5.74) is 0.366. The molecule has 0 aromatic heterocycles. The zero-order valence-electron chi connectivity index (χ0n) is 12.9. The van der Waals surface area contributed by atoms with Gasteiger partial charge in [0.25, 0.3) is 5.91 Å². The molecule has 1 saturated heterocycles. The lowest BCUT2D eigenvalue weighted by molar-refractivity contribution is -0.138. The van der Waals surface area contributed by atoms with Gasteiger partial charge in [0.2, 0.25) is 5.91 Å². The van der Waals surface area contributed by atoms with Crippen LogP contribution in [-0.4, -0.2) is 23.4 Å². The van der Waals surface area contributed by atoms with Crippen LogP contribution in [0.15, 0.2) is 18.2 Å². The predicted octanol–water partition coefficient (Wildman–Crippen LogP) is 2.54. The Morgan fingerprint density at radius 3 is 2.43 bits per heavy atom. The lowest BCUT2D eigenvalue weighted by Gasteiger charge is -2.44. The topological polar surface area (TPSA) is 49.4 Å². The number of nitrogens with zero attached hydrogens (tertiary/aromatic N) is 1. The first kappa shape index (κ1) is 15.5. The first-order valence-corrected chi connectivity index (χ1v) is 7.28. The summed E-state index contributed by atoms with van der Waals surface area (Å²) in [5, 5.41) is 2.86. The van der Waals surface area contributed by atoms with Gasteiger partial charge < -0.3 is 5.32 Å². The zero-order valence-corrected chi connectivity index (χ0v) is 12.9. The number of aryl methyl sites for hydroxylation is 1. The highest BCUT2D eigenvalue weighted by atomic mass is 19.1. The van der Waals surface area contributed by atoms with Gasteiger partial charge in [-0.15, -0.1) is 0 Å². The maximum absolute atomic E-state index is 13.3. The van der Waals surface area contributed by atoms with Crippen molar-refractivity contribution in [1.29, 1.82) is 0 Å². The van der Waals surface area contributed by atoms with Gasteiger partial charge in [0.05, 0.1) is 0 Å². The molecule has 2 rings (SSSR count). The SMILES string of the molecule is CCC1(CC)NC(=O)C(C)N(c2ccc(F)cc2C)C1=O. The molecule has 4 nitrogen and oxygen atoms in total. The van der Waals surface area contributed by atoms with Crippen LogP contribution >= 0.6 is 0 Å². The molecule has 1 N–H and O–H groups in total. The van der Waals surface area contributed by atoms with E-state index < -0.39 is 11.6 Å². The Labute approximate surface area is 124 Å². The molecule has 5 heteroatoms. The Morgan fingerprint density at radius 1 is 1.29 bits per heavy atom. The highest BCUT2D eigenvalue weighted by Crippen LogP contribution is 2.31. The van der Waals surface area contributed by atoms with E-state index in [4.69, 9.17) is 0 Å². The summed E-state index contributed by atoms with van der Waals surface area (Å²) >= 11 is 0. The van der Waals surface area contributed by atoms with Gasteiger partial charge in [0.15, 0.2) is 0 Å². The van der Waals surface area contributed by atoms with E-state index in [1.165, 1.54) is 17.0 Å². The van der Waals surface area contributed by atoms with Crippen molar-refractivity contribution in [3.8, 4) is 0 Å². The van der Waals surface area contributed by atoms with Gasteiger partial charge in [0.1, 0.15) is 17.4 Å². The minimum Gasteiger partial charge on any atom is -0.340 e. The molecule has 1 aliphatic heterocycles. The van der Waals surface area contributed by atoms with Gasteiger partial charge in [-0.3, -0.25) is 14.5 Å². The molecule has 0 spiro atoms. The van der Waals surface area contributed by atoms with Crippen molar-refractivity contribution in [1.82, 2.24) is 5.32 Å². The minimum absolute atomic E-state index is 0.130. The quantitative estimate of drug-likeness (QED) is 0.930. The summed E-state index contributed by atoms with van der Waals surface area (Å²) in [6.07, 6.45) is 1.05. The van der Waals surface area contributed by atoms with Gasteiger partial charge >= 0.3 is 0 Å². The number of nitrogens with one attached hydrogen (secondary N) is 1. The Kier molecular flexibility index (Phi) is 4.03. The normalized spacial score (nSPS) is 21.4. The Hall–Kier alpha value is -1.91. The van der Waals surface area contributed by atoms with Crippen molar-refractivity contribution in [2.75, 3.05) is 4.90 Å². The molecule has 1 aromatic carbocycles. The molecule has 1 fully saturated rings. The zero-order chi connectivity index (χ0) is 15.8. The van der Waals surface area contributed by atoms with Crippen LogP contribution in [0.25, 0.3) is 0 Å². The highest BCUT2D eigenvalue weighted by Gasteiger charge is 2.48. The fourth-order valence-electron chi connectivity index (χ4n) is 2.85. The molecular formula is C16H21FN2O2. The number of halogens is 1. The number of anilines is 1. The van der Waals surface area contributed by atoms with Gasteiger partial charge in [-0.2, -0.15) is 0 Å². The molecular weight excluding hydrogens is 271 g/mol. The summed E-state index contributed by atoms with van der Waals surface area (Å²) in [4.78, 5) is 26.7. The van der Waals surface area contributed by atoms with E-state index in [1.807, 2.05) is 13.8 Å². The predicted molar refractivity (Wildman–Crippen MR) is 79.5 cm³/mol. The highest BCUT2D eigenvalue weighted by molar-refractivity contribution is 6.10. The van der Waals surface area contributed by atoms with Crippen LogP contribution in [0.2, 0.25) is 0 Å². The Balaban J connectivity index is 2.53. The molecule has 0 radical (unpaired) electrons. The third-order valence-corrected chi connectivity index (χ3v) is 4.38. The number of hydrogen-bond donors (Lipinski definition) is 1. The number of benzene rings is 1. The van der Waals surface area contributed by atoms with E-state index >= 15 is 0 Å². The first-order chi connectivity index (χ1) is 9.86. The van der Waals surface area contributed by atoms with Gasteiger partial charge in [-0.25, -0.2) is 4.39 Å². The second kappa shape index (κ2) is 5.47. The van der Waals surface area contributed by atoms with Crippen molar-refractivity contribution >= 4 is 17.5 Å². The molecule has 1 unspecified atom stereocenters. The van der Waals surface area contributed by atoms with Crippen LogP contribution in [0.5, 0.6) is 0 Å². The average Bonchev–Trinajstić information content (AvgIpc) is 2.45. The molecule has 21 heavy (non-hydrogen) atoms. The second-order valence-corrected chi connectivity index (χ2v) is 5.56. The molecule has 1 aromatic rings. The maximum atomic E-state index is 13.3. The average molecular weight is 292 g/mol. The maximum Gasteiger partial charge on any atom is 0.253 e. The first-order valence-electron chi connectivity index (χ1n) is 7.28. The largest absolute Gasteiger partial charge is 0.340 e. The number of carbonyl (C=O) groups is 2. The smallest absolute Gasteiger partial charge is 0.253 e. The summed E-state index contributed by atoms with van der Waals surface area (Å²) in [6.45, 7) is 7.19. The molecule has 1 heterocycles. The third kappa shape index (κ3) is 2.41. The Morgan fingerprint density at radius 2 is 1.90 bits per heavy atom. The van der Waals surface area contributed by atoms with Crippen LogP contribution in [-0.2, 0) is 9.59 Å². The van der Waals surface area contributed by atoms with Crippen LogP contribution in [0.1, 0.15) is 39.2 Å². The molecule has 1 atom stereocenters. The van der Waals surface area contributed by atoms with Crippen molar-refractivity contribution in [2.45, 2.75) is 52.1 Å². The number of rotatable bonds is 3. The van der Waals surface area contributed by atoms with Gasteiger partial charge in [0, 0.05) is 5.69 Å². The number of carbonyl (C=O) groups excluding carboxylic acids is 2. The standard InChI is InChI=1S/C16H21FN2O2/c1-5-16(6-2)15(21)19(11(4)14(20)18-16)13-8-7-12(17)9-10(13)3/h7-9,11H,5-6H2,1-4H3,(H,18,20). The van der Waals surface area contributed by atoms with Crippen LogP contribution in [0.4, 0.5) is 10.1 Å².